The third-order valence-electron chi connectivity index (χ3n) is 6.86. The van der Waals surface area contributed by atoms with E-state index in [4.69, 9.17) is 18.9 Å². The minimum absolute atomic E-state index is 0.0262. The number of amides is 1. The summed E-state index contributed by atoms with van der Waals surface area (Å²) in [5, 5.41) is 3.20. The van der Waals surface area contributed by atoms with Gasteiger partial charge in [-0.15, -0.1) is 0 Å². The third kappa shape index (κ3) is 5.42. The van der Waals surface area contributed by atoms with Gasteiger partial charge in [0.25, 0.3) is 0 Å². The van der Waals surface area contributed by atoms with Crippen LogP contribution in [0.25, 0.3) is 0 Å². The molecule has 0 aromatic heterocycles. The third-order valence-corrected chi connectivity index (χ3v) is 6.86. The summed E-state index contributed by atoms with van der Waals surface area (Å²) < 4.78 is 21.9. The number of benzene rings is 2. The predicted molar refractivity (Wildman–Crippen MR) is 127 cm³/mol. The molecule has 1 N–H and O–H groups in total. The number of carbonyl (C=O) groups is 2. The molecule has 0 radical (unpaired) electrons. The molecule has 2 aliphatic rings. The normalized spacial score (nSPS) is 20.4. The molecular weight excluding hydrogens is 434 g/mol. The fourth-order valence-electron chi connectivity index (χ4n) is 4.62. The molecule has 2 aromatic rings. The second-order valence-corrected chi connectivity index (χ2v) is 9.07. The number of rotatable bonds is 8. The molecule has 2 heterocycles. The lowest BCUT2D eigenvalue weighted by Crippen LogP contribution is -2.48. The van der Waals surface area contributed by atoms with Crippen molar-refractivity contribution in [2.24, 2.45) is 5.92 Å². The number of nitrogens with one attached hydrogen (secondary N) is 1. The first-order chi connectivity index (χ1) is 16.5. The SMILES string of the molecule is COC(=O)c1ccc(C(C)NC(=O)C2(c3cccc(OC[C@@H]4CCOC4)c3)CCOCC2)cc1. The molecule has 7 nitrogen and oxygen atoms in total. The van der Waals surface area contributed by atoms with E-state index in [0.717, 1.165) is 36.5 Å². The van der Waals surface area contributed by atoms with Crippen LogP contribution in [0.2, 0.25) is 0 Å². The lowest BCUT2D eigenvalue weighted by atomic mass is 9.73. The summed E-state index contributed by atoms with van der Waals surface area (Å²) in [6.45, 7) is 5.15. The van der Waals surface area contributed by atoms with Crippen molar-refractivity contribution in [3.8, 4) is 5.75 Å². The van der Waals surface area contributed by atoms with Crippen molar-refractivity contribution in [1.29, 1.82) is 0 Å². The van der Waals surface area contributed by atoms with Gasteiger partial charge in [-0.1, -0.05) is 24.3 Å². The zero-order valence-electron chi connectivity index (χ0n) is 19.9. The molecule has 0 bridgehead atoms. The molecule has 34 heavy (non-hydrogen) atoms. The second kappa shape index (κ2) is 11.0. The second-order valence-electron chi connectivity index (χ2n) is 9.07. The van der Waals surface area contributed by atoms with Gasteiger partial charge < -0.3 is 24.3 Å². The predicted octanol–water partition coefficient (Wildman–Crippen LogP) is 3.81. The molecule has 1 unspecified atom stereocenters. The fourth-order valence-corrected chi connectivity index (χ4v) is 4.62. The minimum Gasteiger partial charge on any atom is -0.493 e. The Kier molecular flexibility index (Phi) is 7.85. The summed E-state index contributed by atoms with van der Waals surface area (Å²) in [6, 6.07) is 14.8. The van der Waals surface area contributed by atoms with Crippen LogP contribution in [0.4, 0.5) is 0 Å². The van der Waals surface area contributed by atoms with Crippen molar-refractivity contribution >= 4 is 11.9 Å². The Labute approximate surface area is 200 Å². The van der Waals surface area contributed by atoms with Gasteiger partial charge in [0, 0.05) is 25.7 Å². The number of hydrogen-bond acceptors (Lipinski definition) is 6. The van der Waals surface area contributed by atoms with Crippen molar-refractivity contribution in [2.75, 3.05) is 40.1 Å². The van der Waals surface area contributed by atoms with Crippen LogP contribution in [0, 0.1) is 5.92 Å². The van der Waals surface area contributed by atoms with Crippen molar-refractivity contribution < 1.29 is 28.5 Å². The molecule has 7 heteroatoms. The van der Waals surface area contributed by atoms with E-state index < -0.39 is 5.41 Å². The van der Waals surface area contributed by atoms with Crippen LogP contribution >= 0.6 is 0 Å². The number of carbonyl (C=O) groups excluding carboxylic acids is 2. The molecule has 0 saturated carbocycles. The highest BCUT2D eigenvalue weighted by atomic mass is 16.5. The summed E-state index contributed by atoms with van der Waals surface area (Å²) >= 11 is 0. The first-order valence-corrected chi connectivity index (χ1v) is 11.9. The Bertz CT molecular complexity index is 977. The number of methoxy groups -OCH3 is 1. The lowest BCUT2D eigenvalue weighted by molar-refractivity contribution is -0.131. The highest BCUT2D eigenvalue weighted by molar-refractivity contribution is 5.90. The summed E-state index contributed by atoms with van der Waals surface area (Å²) in [5.41, 5.74) is 1.65. The van der Waals surface area contributed by atoms with E-state index in [1.54, 1.807) is 12.1 Å². The highest BCUT2D eigenvalue weighted by Gasteiger charge is 2.42. The van der Waals surface area contributed by atoms with Gasteiger partial charge in [-0.3, -0.25) is 4.79 Å². The fraction of sp³-hybridized carbons (Fsp3) is 0.481. The van der Waals surface area contributed by atoms with E-state index >= 15 is 0 Å². The Balaban J connectivity index is 1.49. The van der Waals surface area contributed by atoms with Crippen LogP contribution in [0.15, 0.2) is 48.5 Å². The van der Waals surface area contributed by atoms with Gasteiger partial charge in [-0.2, -0.15) is 0 Å². The lowest BCUT2D eigenvalue weighted by Gasteiger charge is -2.37. The monoisotopic (exact) mass is 467 g/mol. The maximum Gasteiger partial charge on any atom is 0.337 e. The Hall–Kier alpha value is -2.90. The minimum atomic E-state index is -0.686. The van der Waals surface area contributed by atoms with Crippen LogP contribution in [0.3, 0.4) is 0 Å². The summed E-state index contributed by atoms with van der Waals surface area (Å²) in [7, 11) is 1.36. The number of ether oxygens (including phenoxy) is 4. The van der Waals surface area contributed by atoms with Crippen molar-refractivity contribution in [3.05, 3.63) is 65.2 Å². The Morgan fingerprint density at radius 3 is 2.53 bits per heavy atom. The Morgan fingerprint density at radius 2 is 1.85 bits per heavy atom. The van der Waals surface area contributed by atoms with Crippen molar-refractivity contribution in [2.45, 2.75) is 37.6 Å². The maximum atomic E-state index is 13.7. The Morgan fingerprint density at radius 1 is 1.09 bits per heavy atom. The van der Waals surface area contributed by atoms with E-state index in [1.807, 2.05) is 43.3 Å². The molecule has 1 amide bonds. The molecule has 2 fully saturated rings. The zero-order valence-corrected chi connectivity index (χ0v) is 19.9. The molecule has 2 atom stereocenters. The number of esters is 1. The van der Waals surface area contributed by atoms with Gasteiger partial charge in [0.15, 0.2) is 0 Å². The topological polar surface area (TPSA) is 83.1 Å². The maximum absolute atomic E-state index is 13.7. The van der Waals surface area contributed by atoms with E-state index in [1.165, 1.54) is 7.11 Å². The van der Waals surface area contributed by atoms with Crippen LogP contribution < -0.4 is 10.1 Å². The molecule has 0 aliphatic carbocycles. The van der Waals surface area contributed by atoms with Crippen LogP contribution in [-0.4, -0.2) is 52.0 Å². The van der Waals surface area contributed by atoms with E-state index in [2.05, 4.69) is 5.32 Å². The largest absolute Gasteiger partial charge is 0.493 e. The highest BCUT2D eigenvalue weighted by Crippen LogP contribution is 2.37. The van der Waals surface area contributed by atoms with Gasteiger partial charge in [0.05, 0.1) is 37.3 Å². The molecule has 2 aromatic carbocycles. The first kappa shape index (κ1) is 24.2. The average Bonchev–Trinajstić information content (AvgIpc) is 3.41. The molecule has 4 rings (SSSR count). The van der Waals surface area contributed by atoms with Gasteiger partial charge in [0.2, 0.25) is 5.91 Å². The average molecular weight is 468 g/mol. The van der Waals surface area contributed by atoms with Crippen molar-refractivity contribution in [1.82, 2.24) is 5.32 Å². The van der Waals surface area contributed by atoms with Crippen molar-refractivity contribution in [3.63, 3.8) is 0 Å². The molecule has 2 saturated heterocycles. The quantitative estimate of drug-likeness (QED) is 0.595. The van der Waals surface area contributed by atoms with Gasteiger partial charge in [-0.05, 0) is 61.6 Å². The smallest absolute Gasteiger partial charge is 0.337 e. The summed E-state index contributed by atoms with van der Waals surface area (Å²) in [4.78, 5) is 25.4. The van der Waals surface area contributed by atoms with Crippen LogP contribution in [0.5, 0.6) is 5.75 Å². The summed E-state index contributed by atoms with van der Waals surface area (Å²) in [6.07, 6.45) is 2.22. The number of hydrogen-bond donors (Lipinski definition) is 1. The van der Waals surface area contributed by atoms with Gasteiger partial charge >= 0.3 is 5.97 Å². The van der Waals surface area contributed by atoms with E-state index in [0.29, 0.717) is 44.1 Å². The molecule has 0 spiro atoms. The van der Waals surface area contributed by atoms with Gasteiger partial charge in [0.1, 0.15) is 5.75 Å². The molecule has 182 valence electrons. The first-order valence-electron chi connectivity index (χ1n) is 11.9. The zero-order chi connectivity index (χ0) is 24.0. The molecular formula is C27H33NO6. The van der Waals surface area contributed by atoms with E-state index in [9.17, 15) is 9.59 Å². The van der Waals surface area contributed by atoms with Crippen LogP contribution in [-0.2, 0) is 24.4 Å². The van der Waals surface area contributed by atoms with E-state index in [-0.39, 0.29) is 17.9 Å². The standard InChI is InChI=1S/C27H33NO6/c1-19(21-6-8-22(9-7-21)25(29)31-2)28-26(30)27(11-14-32-15-12-27)23-4-3-5-24(16-23)34-18-20-10-13-33-17-20/h3-9,16,19-20H,10-15,17-18H2,1-2H3,(H,28,30)/t19?,20-/m1/s1. The summed E-state index contributed by atoms with van der Waals surface area (Å²) in [5.74, 6) is 0.776. The molecule has 2 aliphatic heterocycles. The van der Waals surface area contributed by atoms with Gasteiger partial charge in [-0.25, -0.2) is 4.79 Å². The van der Waals surface area contributed by atoms with Crippen LogP contribution in [0.1, 0.15) is 53.7 Å².